The molecule has 5 nitrogen and oxygen atoms in total. The van der Waals surface area contributed by atoms with Gasteiger partial charge >= 0.3 is 0 Å². The lowest BCUT2D eigenvalue weighted by atomic mass is 9.94. The van der Waals surface area contributed by atoms with Gasteiger partial charge in [0, 0.05) is 23.2 Å². The smallest absolute Gasteiger partial charge is 0.265 e. The Morgan fingerprint density at radius 3 is 2.36 bits per heavy atom. The predicted octanol–water partition coefficient (Wildman–Crippen LogP) is 4.36. The SMILES string of the molecule is C/C=C\C1=C(CC)C(=O)N(C)C(=O)C1ONc1ccc(Cl)cc1.CC. The molecule has 0 saturated carbocycles. The summed E-state index contributed by atoms with van der Waals surface area (Å²) in [5, 5.41) is 0.609. The molecule has 0 radical (unpaired) electrons. The third-order valence-corrected chi connectivity index (χ3v) is 3.84. The second kappa shape index (κ2) is 10.0. The number of carbonyl (C=O) groups is 2. The lowest BCUT2D eigenvalue weighted by Crippen LogP contribution is -2.48. The highest BCUT2D eigenvalue weighted by atomic mass is 35.5. The van der Waals surface area contributed by atoms with Crippen molar-refractivity contribution in [3.63, 3.8) is 0 Å². The van der Waals surface area contributed by atoms with Crippen LogP contribution >= 0.6 is 11.6 Å². The number of hydrogen-bond donors (Lipinski definition) is 1. The van der Waals surface area contributed by atoms with Gasteiger partial charge in [-0.25, -0.2) is 0 Å². The van der Waals surface area contributed by atoms with Gasteiger partial charge in [-0.3, -0.25) is 24.8 Å². The number of allylic oxidation sites excluding steroid dienone is 1. The van der Waals surface area contributed by atoms with Crippen molar-refractivity contribution in [1.29, 1.82) is 0 Å². The van der Waals surface area contributed by atoms with Gasteiger partial charge in [-0.2, -0.15) is 0 Å². The maximum absolute atomic E-state index is 12.4. The van der Waals surface area contributed by atoms with Crippen molar-refractivity contribution in [2.24, 2.45) is 0 Å². The monoisotopic (exact) mass is 364 g/mol. The molecule has 1 aromatic rings. The molecule has 0 saturated heterocycles. The van der Waals surface area contributed by atoms with Crippen LogP contribution in [0.15, 0.2) is 47.6 Å². The number of nitrogens with zero attached hydrogens (tertiary/aromatic N) is 1. The second-order valence-corrected chi connectivity index (χ2v) is 5.53. The first kappa shape index (κ1) is 20.9. The summed E-state index contributed by atoms with van der Waals surface area (Å²) in [6, 6.07) is 6.91. The van der Waals surface area contributed by atoms with E-state index in [-0.39, 0.29) is 5.91 Å². The van der Waals surface area contributed by atoms with E-state index in [2.05, 4.69) is 5.48 Å². The van der Waals surface area contributed by atoms with E-state index in [1.807, 2.05) is 27.7 Å². The highest BCUT2D eigenvalue weighted by Crippen LogP contribution is 2.26. The standard InChI is InChI=1S/C17H19ClN2O3.C2H6/c1-4-6-14-13(5-2)16(21)20(3)17(22)15(14)23-19-12-9-7-11(18)8-10-12;1-2/h4,6-10,15,19H,5H2,1-3H3;1-2H3/b6-4-;. The highest BCUT2D eigenvalue weighted by Gasteiger charge is 2.38. The summed E-state index contributed by atoms with van der Waals surface area (Å²) in [6.45, 7) is 7.71. The summed E-state index contributed by atoms with van der Waals surface area (Å²) in [4.78, 5) is 31.3. The molecule has 136 valence electrons. The molecule has 6 heteroatoms. The molecule has 0 fully saturated rings. The van der Waals surface area contributed by atoms with Crippen molar-refractivity contribution >= 4 is 29.1 Å². The van der Waals surface area contributed by atoms with Gasteiger partial charge in [-0.05, 0) is 37.6 Å². The fourth-order valence-electron chi connectivity index (χ4n) is 2.37. The third-order valence-electron chi connectivity index (χ3n) is 3.59. The van der Waals surface area contributed by atoms with Crippen molar-refractivity contribution < 1.29 is 14.4 Å². The minimum absolute atomic E-state index is 0.281. The molecule has 1 aromatic carbocycles. The predicted molar refractivity (Wildman–Crippen MR) is 101 cm³/mol. The van der Waals surface area contributed by atoms with Crippen LogP contribution in [0.4, 0.5) is 5.69 Å². The number of imide groups is 1. The van der Waals surface area contributed by atoms with E-state index >= 15 is 0 Å². The van der Waals surface area contributed by atoms with Gasteiger partial charge in [-0.1, -0.05) is 44.5 Å². The summed E-state index contributed by atoms with van der Waals surface area (Å²) in [5.41, 5.74) is 4.59. The van der Waals surface area contributed by atoms with Crippen LogP contribution in [-0.4, -0.2) is 29.9 Å². The number of nitrogens with one attached hydrogen (secondary N) is 1. The van der Waals surface area contributed by atoms with Crippen LogP contribution in [0.3, 0.4) is 0 Å². The van der Waals surface area contributed by atoms with Crippen LogP contribution in [0.25, 0.3) is 0 Å². The maximum atomic E-state index is 12.4. The Bertz CT molecular complexity index is 666. The average Bonchev–Trinajstić information content (AvgIpc) is 2.63. The fraction of sp³-hybridized carbons (Fsp3) is 0.368. The topological polar surface area (TPSA) is 58.6 Å². The molecule has 1 aliphatic heterocycles. The highest BCUT2D eigenvalue weighted by molar-refractivity contribution is 6.30. The molecule has 1 N–H and O–H groups in total. The Balaban J connectivity index is 0.00000151. The van der Waals surface area contributed by atoms with Crippen LogP contribution in [0.2, 0.25) is 5.02 Å². The van der Waals surface area contributed by atoms with Crippen LogP contribution in [0.5, 0.6) is 0 Å². The molecule has 1 aliphatic rings. The van der Waals surface area contributed by atoms with Gasteiger partial charge in [0.15, 0.2) is 6.10 Å². The molecule has 0 bridgehead atoms. The van der Waals surface area contributed by atoms with Crippen molar-refractivity contribution in [2.75, 3.05) is 12.5 Å². The largest absolute Gasteiger partial charge is 0.279 e. The Morgan fingerprint density at radius 1 is 1.24 bits per heavy atom. The van der Waals surface area contributed by atoms with Gasteiger partial charge in [0.2, 0.25) is 0 Å². The Hall–Kier alpha value is -2.11. The number of halogens is 1. The van der Waals surface area contributed by atoms with Crippen LogP contribution in [0, 0.1) is 0 Å². The van der Waals surface area contributed by atoms with Crippen molar-refractivity contribution in [3.8, 4) is 0 Å². The van der Waals surface area contributed by atoms with Gasteiger partial charge in [-0.15, -0.1) is 0 Å². The number of benzene rings is 1. The van der Waals surface area contributed by atoms with Crippen molar-refractivity contribution in [2.45, 2.75) is 40.2 Å². The van der Waals surface area contributed by atoms with E-state index in [0.717, 1.165) is 4.90 Å². The Labute approximate surface area is 154 Å². The van der Waals surface area contributed by atoms with E-state index in [4.69, 9.17) is 16.4 Å². The number of amides is 2. The minimum Gasteiger partial charge on any atom is -0.279 e. The third kappa shape index (κ3) is 4.94. The molecule has 1 atom stereocenters. The summed E-state index contributed by atoms with van der Waals surface area (Å²) in [6.07, 6.45) is 3.18. The van der Waals surface area contributed by atoms with Crippen LogP contribution in [-0.2, 0) is 14.4 Å². The lowest BCUT2D eigenvalue weighted by molar-refractivity contribution is -0.148. The van der Waals surface area contributed by atoms with E-state index in [1.54, 1.807) is 36.4 Å². The Morgan fingerprint density at radius 2 is 1.84 bits per heavy atom. The van der Waals surface area contributed by atoms with Gasteiger partial charge < -0.3 is 0 Å². The molecule has 2 amide bonds. The zero-order valence-electron chi connectivity index (χ0n) is 15.3. The zero-order chi connectivity index (χ0) is 19.0. The van der Waals surface area contributed by atoms with Crippen molar-refractivity contribution in [3.05, 3.63) is 52.6 Å². The summed E-state index contributed by atoms with van der Waals surface area (Å²) in [7, 11) is 1.46. The van der Waals surface area contributed by atoms with Crippen LogP contribution in [0.1, 0.15) is 34.1 Å². The molecule has 0 aromatic heterocycles. The molecule has 0 spiro atoms. The fourth-order valence-corrected chi connectivity index (χ4v) is 2.50. The first-order chi connectivity index (χ1) is 12.0. The molecule has 1 unspecified atom stereocenters. The molecular formula is C19H25ClN2O3. The maximum Gasteiger partial charge on any atom is 0.265 e. The van der Waals surface area contributed by atoms with E-state index in [9.17, 15) is 9.59 Å². The number of hydrogen-bond acceptors (Lipinski definition) is 4. The van der Waals surface area contributed by atoms with Crippen LogP contribution < -0.4 is 5.48 Å². The van der Waals surface area contributed by atoms with E-state index in [1.165, 1.54) is 7.05 Å². The van der Waals surface area contributed by atoms with Gasteiger partial charge in [0.05, 0.1) is 5.69 Å². The molecule has 1 heterocycles. The molecule has 25 heavy (non-hydrogen) atoms. The summed E-state index contributed by atoms with van der Waals surface area (Å²) < 4.78 is 0. The van der Waals surface area contributed by atoms with E-state index < -0.39 is 12.0 Å². The Kier molecular flexibility index (Phi) is 8.38. The molecular weight excluding hydrogens is 340 g/mol. The van der Waals surface area contributed by atoms with Gasteiger partial charge in [0.1, 0.15) is 0 Å². The minimum atomic E-state index is -0.875. The van der Waals surface area contributed by atoms with E-state index in [0.29, 0.717) is 28.3 Å². The molecule has 2 rings (SSSR count). The summed E-state index contributed by atoms with van der Waals surface area (Å²) in [5.74, 6) is -0.682. The second-order valence-electron chi connectivity index (χ2n) is 5.10. The average molecular weight is 365 g/mol. The normalized spacial score (nSPS) is 17.7. The first-order valence-corrected chi connectivity index (χ1v) is 8.72. The number of likely N-dealkylation sites (N-methyl/N-ethyl adjacent to an activating group) is 1. The van der Waals surface area contributed by atoms with Crippen molar-refractivity contribution in [1.82, 2.24) is 4.90 Å². The quantitative estimate of drug-likeness (QED) is 0.623. The zero-order valence-corrected chi connectivity index (χ0v) is 16.1. The summed E-state index contributed by atoms with van der Waals surface area (Å²) >= 11 is 5.84. The first-order valence-electron chi connectivity index (χ1n) is 8.34. The molecule has 0 aliphatic carbocycles. The van der Waals surface area contributed by atoms with Gasteiger partial charge in [0.25, 0.3) is 11.8 Å². The number of carbonyl (C=O) groups excluding carboxylic acids is 2. The number of rotatable bonds is 5. The number of anilines is 1. The lowest BCUT2D eigenvalue weighted by Gasteiger charge is -2.30.